The topological polar surface area (TPSA) is 488 Å². The summed E-state index contributed by atoms with van der Waals surface area (Å²) in [6.07, 6.45) is 1.26. The van der Waals surface area contributed by atoms with Crippen LogP contribution in [0, 0.1) is 0 Å². The van der Waals surface area contributed by atoms with Gasteiger partial charge in [0.2, 0.25) is 0 Å². The standard InChI is InChI=1S/C15H19N5O4S.C13H17N5O4.C12H15N5O4S.C10H13N5O3S/c1-7(21)25-4-8-10-11(24-15(2,3)23-10)14(22-8)20-6-19-9-12(16)17-5-18-13(9)20;1-13(2)21-8-6(3-19)20-12(9(8)22-13)18-5-17-7-10(14)15-4-16-11(7)18;1-5(18)22-2-6-8(19)9(20)12(21-6)17-4-16-7-10(13)14-3-15-11(7)17;11-8-5-9(13-2-12-8)15(3-14-5)10-7(17)6(16)4(1-19)18-10/h5-6,8,10-11,14H,4H2,1-3H3,(H2,16,17,18);4-6,8-9,12,19H,3H2,1-2H3,(H2,14,15,16);3-4,6,8-9,12,19-20H,2H2,1H3,(H2,13,14,15);2-4,6-7,10,16-17,19H,1H2,(H2,11,12,13)/t8-,10?,11+,14-;2*6-,8?,9+,12-;4-,6?,7+,10-/m1111/s1. The van der Waals surface area contributed by atoms with Gasteiger partial charge in [0, 0.05) is 31.1 Å². The Morgan fingerprint density at radius 2 is 0.773 bits per heavy atom. The molecule has 6 fully saturated rings. The van der Waals surface area contributed by atoms with Gasteiger partial charge < -0.3 is 86.4 Å². The highest BCUT2D eigenvalue weighted by Gasteiger charge is 2.57. The van der Waals surface area contributed by atoms with E-state index in [9.17, 15) is 35.1 Å². The van der Waals surface area contributed by atoms with E-state index in [1.54, 1.807) is 21.8 Å². The summed E-state index contributed by atoms with van der Waals surface area (Å²) in [7, 11) is 0. The van der Waals surface area contributed by atoms with Gasteiger partial charge >= 0.3 is 0 Å². The highest BCUT2D eigenvalue weighted by atomic mass is 32.2. The van der Waals surface area contributed by atoms with Crippen LogP contribution in [0.2, 0.25) is 0 Å². The van der Waals surface area contributed by atoms with Crippen LogP contribution in [-0.2, 0) is 47.5 Å². The van der Waals surface area contributed by atoms with Crippen molar-refractivity contribution in [2.24, 2.45) is 0 Å². The minimum atomic E-state index is -1.16. The molecule has 16 atom stereocenters. The predicted octanol–water partition coefficient (Wildman–Crippen LogP) is -0.811. The summed E-state index contributed by atoms with van der Waals surface area (Å²) in [6, 6.07) is 0. The maximum Gasteiger partial charge on any atom is 0.185 e. The molecule has 0 spiro atoms. The van der Waals surface area contributed by atoms with Crippen molar-refractivity contribution in [2.45, 2.75) is 151 Å². The van der Waals surface area contributed by atoms with Gasteiger partial charge in [0.15, 0.2) is 92.6 Å². The van der Waals surface area contributed by atoms with Crippen LogP contribution >= 0.6 is 36.2 Å². The van der Waals surface area contributed by atoms with E-state index in [0.29, 0.717) is 67.8 Å². The van der Waals surface area contributed by atoms with Crippen LogP contribution in [0.4, 0.5) is 23.3 Å². The van der Waals surface area contributed by atoms with Gasteiger partial charge in [0.05, 0.1) is 50.2 Å². The number of ether oxygens (including phenoxy) is 8. The van der Waals surface area contributed by atoms with Gasteiger partial charge in [0.25, 0.3) is 0 Å². The molecule has 88 heavy (non-hydrogen) atoms. The van der Waals surface area contributed by atoms with Crippen LogP contribution in [-0.4, -0.2) is 223 Å². The summed E-state index contributed by atoms with van der Waals surface area (Å²) < 4.78 is 53.7. The smallest absolute Gasteiger partial charge is 0.185 e. The first kappa shape index (κ1) is 62.9. The largest absolute Gasteiger partial charge is 0.394 e. The lowest BCUT2D eigenvalue weighted by Gasteiger charge is -2.24. The zero-order valence-corrected chi connectivity index (χ0v) is 50.3. The third kappa shape index (κ3) is 12.2. The fourth-order valence-electron chi connectivity index (χ4n) is 10.9. The zero-order chi connectivity index (χ0) is 62.7. The van der Waals surface area contributed by atoms with Crippen molar-refractivity contribution >= 4 is 114 Å². The molecule has 0 saturated carbocycles. The lowest BCUT2D eigenvalue weighted by Crippen LogP contribution is -2.32. The fraction of sp³-hybridized carbons (Fsp3) is 0.560. The lowest BCUT2D eigenvalue weighted by atomic mass is 10.1. The quantitative estimate of drug-likeness (QED) is 0.0749. The van der Waals surface area contributed by atoms with Crippen LogP contribution in [0.25, 0.3) is 44.7 Å². The number of hydrogen-bond donors (Lipinski definition) is 10. The average Bonchev–Trinajstić information content (AvgIpc) is 1.70. The van der Waals surface area contributed by atoms with Gasteiger partial charge in [-0.3, -0.25) is 27.9 Å². The number of rotatable bonds is 10. The first-order chi connectivity index (χ1) is 42.0. The first-order valence-electron chi connectivity index (χ1n) is 27.2. The second kappa shape index (κ2) is 25.3. The van der Waals surface area contributed by atoms with E-state index in [2.05, 4.69) is 72.4 Å². The first-order valence-corrected chi connectivity index (χ1v) is 29.8. The highest BCUT2D eigenvalue weighted by molar-refractivity contribution is 8.13. The summed E-state index contributed by atoms with van der Waals surface area (Å²) in [5, 5.41) is 49.6. The Bertz CT molecular complexity index is 3820. The third-order valence-corrected chi connectivity index (χ3v) is 17.0. The SMILES string of the molecule is CC(=O)SC[C@H]1O[C@@H](n2cnc3c(N)ncnc32)[C@@H](O)C1O.CC(=O)SC[C@H]1O[C@@H](n2cnc3c(N)ncnc32)[C@H]2OC(C)(C)OC12.CC1(C)OC2[C@@H](CO)O[C@@H](n3cnc4c(N)ncnc43)[C@H]2O1.Nc1ncnc2c1ncn2[C@@H]1O[C@H](CS)C(O)[C@@H]1O. The Labute approximate surface area is 512 Å². The molecule has 38 heteroatoms. The number of fused-ring (bicyclic) bond motifs is 6. The highest BCUT2D eigenvalue weighted by Crippen LogP contribution is 2.46. The molecule has 8 aromatic heterocycles. The van der Waals surface area contributed by atoms with E-state index in [0.717, 1.165) is 11.8 Å². The van der Waals surface area contributed by atoms with E-state index >= 15 is 0 Å². The van der Waals surface area contributed by atoms with Gasteiger partial charge in [-0.05, 0) is 27.7 Å². The van der Waals surface area contributed by atoms with E-state index < -0.39 is 79.2 Å². The van der Waals surface area contributed by atoms with Crippen molar-refractivity contribution in [2.75, 3.05) is 46.8 Å². The van der Waals surface area contributed by atoms with Crippen molar-refractivity contribution in [1.82, 2.24) is 78.1 Å². The molecule has 0 aromatic carbocycles. The number of carbonyl (C=O) groups excluding carboxylic acids is 2. The second-order valence-corrected chi connectivity index (χ2v) is 24.4. The number of nitrogens with two attached hydrogens (primary N) is 4. The van der Waals surface area contributed by atoms with Crippen molar-refractivity contribution in [3.63, 3.8) is 0 Å². The number of nitrogen functional groups attached to an aromatic ring is 4. The summed E-state index contributed by atoms with van der Waals surface area (Å²) >= 11 is 6.32. The zero-order valence-electron chi connectivity index (χ0n) is 47.7. The molecule has 6 aliphatic rings. The predicted molar refractivity (Wildman–Crippen MR) is 313 cm³/mol. The van der Waals surface area contributed by atoms with Gasteiger partial charge in [-0.2, -0.15) is 12.6 Å². The van der Waals surface area contributed by atoms with Crippen molar-refractivity contribution in [3.8, 4) is 0 Å². The molecule has 13 N–H and O–H groups in total. The molecular formula is C50H64N20O15S3. The van der Waals surface area contributed by atoms with Crippen molar-refractivity contribution < 1.29 is 73.0 Å². The second-order valence-electron chi connectivity index (χ2n) is 21.7. The Hall–Kier alpha value is -6.73. The number of imidazole rings is 4. The third-order valence-electron chi connectivity index (χ3n) is 14.8. The molecule has 0 bridgehead atoms. The minimum absolute atomic E-state index is 0.0374. The Balaban J connectivity index is 0.000000122. The monoisotopic (exact) mass is 1280 g/mol. The number of aliphatic hydroxyl groups is 5. The Morgan fingerprint density at radius 3 is 1.12 bits per heavy atom. The Kier molecular flexibility index (Phi) is 18.1. The van der Waals surface area contributed by atoms with Crippen LogP contribution in [0.3, 0.4) is 0 Å². The lowest BCUT2D eigenvalue weighted by molar-refractivity contribution is -0.199. The van der Waals surface area contributed by atoms with Gasteiger partial charge in [-0.25, -0.2) is 59.8 Å². The number of carbonyl (C=O) groups is 2. The molecule has 4 unspecified atom stereocenters. The van der Waals surface area contributed by atoms with Gasteiger partial charge in [0.1, 0.15) is 102 Å². The van der Waals surface area contributed by atoms with Gasteiger partial charge in [-0.1, -0.05) is 23.5 Å². The normalized spacial score (nSPS) is 30.9. The maximum absolute atomic E-state index is 11.3. The number of aliphatic hydroxyl groups excluding tert-OH is 5. The molecular weight excluding hydrogens is 1220 g/mol. The molecule has 0 amide bonds. The van der Waals surface area contributed by atoms with Gasteiger partial charge in [-0.15, -0.1) is 0 Å². The van der Waals surface area contributed by atoms with Crippen LogP contribution in [0.5, 0.6) is 0 Å². The number of thiol groups is 1. The van der Waals surface area contributed by atoms with Crippen LogP contribution in [0.1, 0.15) is 66.5 Å². The number of thioether (sulfide) groups is 2. The fourth-order valence-corrected chi connectivity index (χ4v) is 12.5. The summed E-state index contributed by atoms with van der Waals surface area (Å²) in [4.78, 5) is 71.3. The minimum Gasteiger partial charge on any atom is -0.394 e. The Morgan fingerprint density at radius 1 is 0.466 bits per heavy atom. The molecule has 0 radical (unpaired) electrons. The number of hydrogen-bond acceptors (Lipinski definition) is 34. The number of aromatic nitrogens is 16. The van der Waals surface area contributed by atoms with E-state index in [4.69, 9.17) is 60.8 Å². The van der Waals surface area contributed by atoms with E-state index in [1.807, 2.05) is 27.7 Å². The maximum atomic E-state index is 11.3. The van der Waals surface area contributed by atoms with Crippen molar-refractivity contribution in [3.05, 3.63) is 50.6 Å². The number of anilines is 4. The molecule has 6 saturated heterocycles. The summed E-state index contributed by atoms with van der Waals surface area (Å²) in [6.45, 7) is 10.2. The summed E-state index contributed by atoms with van der Waals surface area (Å²) in [5.41, 5.74) is 26.9. The molecule has 0 aliphatic carbocycles. The molecule has 14 rings (SSSR count). The van der Waals surface area contributed by atoms with Crippen LogP contribution < -0.4 is 22.9 Å². The molecule has 14 heterocycles. The van der Waals surface area contributed by atoms with E-state index in [-0.39, 0.29) is 64.7 Å². The number of nitrogens with zero attached hydrogens (tertiary/aromatic N) is 16. The average molecular weight is 1280 g/mol. The molecule has 8 aromatic rings. The van der Waals surface area contributed by atoms with Crippen molar-refractivity contribution in [1.29, 1.82) is 0 Å². The molecule has 472 valence electrons. The molecule has 6 aliphatic heterocycles. The molecule has 35 nitrogen and oxygen atoms in total. The van der Waals surface area contributed by atoms with Crippen LogP contribution in [0.15, 0.2) is 50.6 Å². The summed E-state index contributed by atoms with van der Waals surface area (Å²) in [5.74, 6) is 0.702. The van der Waals surface area contributed by atoms with E-state index in [1.165, 1.54) is 72.7 Å².